The number of carbonyl (C=O) groups is 5. The minimum atomic E-state index is -4.11. The van der Waals surface area contributed by atoms with Crippen LogP contribution in [0, 0.1) is 38.0 Å². The number of carbonyl (C=O) groups excluding carboxylic acids is 5. The summed E-state index contributed by atoms with van der Waals surface area (Å²) >= 11 is 0. The molecule has 77 heavy (non-hydrogen) atoms. The first kappa shape index (κ1) is 59.3. The van der Waals surface area contributed by atoms with Gasteiger partial charge in [-0.15, -0.1) is 0 Å². The van der Waals surface area contributed by atoms with E-state index in [0.717, 1.165) is 36.8 Å². The van der Waals surface area contributed by atoms with Crippen LogP contribution < -0.4 is 42.2 Å². The molecule has 424 valence electrons. The lowest BCUT2D eigenvalue weighted by Crippen LogP contribution is -2.65. The largest absolute Gasteiger partial charge is 0.487 e. The van der Waals surface area contributed by atoms with E-state index >= 15 is 0 Å². The Bertz CT molecular complexity index is 2730. The summed E-state index contributed by atoms with van der Waals surface area (Å²) in [6.45, 7) is 22.9. The molecule has 4 amide bonds. The first-order chi connectivity index (χ1) is 35.8. The predicted molar refractivity (Wildman–Crippen MR) is 290 cm³/mol. The van der Waals surface area contributed by atoms with E-state index in [1.165, 1.54) is 0 Å². The zero-order valence-corrected chi connectivity index (χ0v) is 47.7. The SMILES string of the molecule is Cc1c(C)c(S(=O)(=O)NC(N)=NCCC[C@H](N)C(=O)NCC(=O)NC(CC(=O)OC(C)(C)C)C(=O)NCc2ccc(C(=O)N[C@H](C)C(O)N3CCC[C@H]3B3OC4C[C@@H]5C[C@@H](C5(C)C)[C@]4(C)O3)cc2)c(C)c2c1OC(C)(C)C2. The fourth-order valence-electron chi connectivity index (χ4n) is 12.1. The summed E-state index contributed by atoms with van der Waals surface area (Å²) in [6.07, 6.45) is 3.24. The number of nitrogens with zero attached hydrogens (tertiary/aromatic N) is 2. The van der Waals surface area contributed by atoms with Crippen molar-refractivity contribution in [3.05, 3.63) is 57.6 Å². The van der Waals surface area contributed by atoms with Gasteiger partial charge in [0.05, 0.1) is 41.6 Å². The number of benzene rings is 2. The van der Waals surface area contributed by atoms with Gasteiger partial charge in [-0.1, -0.05) is 26.0 Å². The summed E-state index contributed by atoms with van der Waals surface area (Å²) in [5.41, 5.74) is 14.2. The Labute approximate surface area is 454 Å². The van der Waals surface area contributed by atoms with Gasteiger partial charge in [-0.2, -0.15) is 0 Å². The van der Waals surface area contributed by atoms with Crippen LogP contribution in [0.4, 0.5) is 0 Å². The zero-order valence-electron chi connectivity index (χ0n) is 46.9. The number of nitrogens with one attached hydrogen (secondary N) is 5. The first-order valence-electron chi connectivity index (χ1n) is 26.9. The summed E-state index contributed by atoms with van der Waals surface area (Å²) in [7, 11) is -4.57. The van der Waals surface area contributed by atoms with Crippen molar-refractivity contribution in [1.29, 1.82) is 0 Å². The second-order valence-corrected chi connectivity index (χ2v) is 25.8. The number of aliphatic imine (C=N–C) groups is 1. The minimum Gasteiger partial charge on any atom is -0.487 e. The normalized spacial score (nSPS) is 25.0. The molecule has 2 aromatic rings. The van der Waals surface area contributed by atoms with Gasteiger partial charge < -0.3 is 56.6 Å². The van der Waals surface area contributed by atoms with Gasteiger partial charge in [0.25, 0.3) is 15.9 Å². The standard InChI is InChI=1S/C54H82BN9O12S/c1-29-30(2)45(31(3)36-26-52(8,9)74-44(29)36)77(71,72)63-50(57)58-21-13-15-37(56)47(68)60-28-42(65)62-38(25-43(66)73-51(5,6)7)48(69)59-27-33-17-19-34(20-18-33)46(67)61-32(4)49(70)64-22-14-16-41(64)55-75-40-24-35-23-39(53(35,10)11)54(40,12)76-55/h17-20,32,35,37-41,49,70H,13-16,21-28,56H2,1-12H3,(H,59,69)(H,60,68)(H,61,67)(H,62,65)(H3,57,58,63)/t32-,35+,37+,38?,39+,40?,41+,49?,54+/m1/s1. The van der Waals surface area contributed by atoms with E-state index < -0.39 is 95.3 Å². The van der Waals surface area contributed by atoms with Crippen LogP contribution >= 0.6 is 0 Å². The van der Waals surface area contributed by atoms with Gasteiger partial charge in [0.15, 0.2) is 0 Å². The molecule has 6 aliphatic rings. The van der Waals surface area contributed by atoms with Crippen LogP contribution in [0.2, 0.25) is 0 Å². The number of hydrogen-bond donors (Lipinski definition) is 8. The molecule has 10 N–H and O–H groups in total. The second-order valence-electron chi connectivity index (χ2n) is 24.2. The maximum absolute atomic E-state index is 13.5. The number of sulfonamides is 1. The summed E-state index contributed by atoms with van der Waals surface area (Å²) in [6, 6.07) is 3.43. The van der Waals surface area contributed by atoms with Crippen LogP contribution in [-0.4, -0.2) is 134 Å². The summed E-state index contributed by atoms with van der Waals surface area (Å²) in [4.78, 5) is 72.1. The maximum Gasteiger partial charge on any atom is 0.476 e. The molecule has 3 unspecified atom stereocenters. The molecule has 0 radical (unpaired) electrons. The Hall–Kier alpha value is -5.33. The maximum atomic E-state index is 13.5. The Morgan fingerprint density at radius 3 is 2.32 bits per heavy atom. The molecule has 5 fully saturated rings. The van der Waals surface area contributed by atoms with E-state index in [1.807, 2.05) is 25.7 Å². The third kappa shape index (κ3) is 13.2. The number of ether oxygens (including phenoxy) is 2. The number of aliphatic hydroxyl groups is 1. The smallest absolute Gasteiger partial charge is 0.476 e. The number of fused-ring (bicyclic) bond motifs is 1. The van der Waals surface area contributed by atoms with Crippen molar-refractivity contribution in [2.45, 2.75) is 199 Å². The third-order valence-electron chi connectivity index (χ3n) is 16.4. The highest BCUT2D eigenvalue weighted by Gasteiger charge is 2.69. The molecule has 3 aliphatic carbocycles. The molecule has 0 aromatic heterocycles. The van der Waals surface area contributed by atoms with Crippen molar-refractivity contribution in [2.75, 3.05) is 19.6 Å². The summed E-state index contributed by atoms with van der Waals surface area (Å²) < 4.78 is 54.3. The van der Waals surface area contributed by atoms with Gasteiger partial charge in [0, 0.05) is 43.1 Å². The molecule has 3 aliphatic heterocycles. The van der Waals surface area contributed by atoms with Crippen LogP contribution in [-0.2, 0) is 56.2 Å². The highest BCUT2D eigenvalue weighted by atomic mass is 32.2. The van der Waals surface area contributed by atoms with Gasteiger partial charge in [0.2, 0.25) is 23.7 Å². The van der Waals surface area contributed by atoms with Crippen LogP contribution in [0.3, 0.4) is 0 Å². The van der Waals surface area contributed by atoms with E-state index in [2.05, 4.69) is 51.8 Å². The molecule has 3 saturated carbocycles. The fourth-order valence-corrected chi connectivity index (χ4v) is 13.6. The van der Waals surface area contributed by atoms with Gasteiger partial charge in [-0.3, -0.25) is 33.9 Å². The minimum absolute atomic E-state index is 0.0216. The highest BCUT2D eigenvalue weighted by Crippen LogP contribution is 2.66. The Balaban J connectivity index is 0.853. The third-order valence-corrected chi connectivity index (χ3v) is 18.0. The quantitative estimate of drug-likeness (QED) is 0.0311. The number of nitrogens with two attached hydrogens (primary N) is 2. The monoisotopic (exact) mass is 1090 g/mol. The molecule has 8 rings (SSSR count). The van der Waals surface area contributed by atoms with E-state index in [9.17, 15) is 37.5 Å². The average Bonchev–Trinajstić information content (AvgIpc) is 4.19. The predicted octanol–water partition coefficient (Wildman–Crippen LogP) is 2.84. The molecule has 2 aromatic carbocycles. The van der Waals surface area contributed by atoms with Crippen LogP contribution in [0.1, 0.15) is 145 Å². The number of aliphatic hydroxyl groups excluding tert-OH is 1. The van der Waals surface area contributed by atoms with Crippen LogP contribution in [0.15, 0.2) is 34.2 Å². The number of guanidine groups is 1. The van der Waals surface area contributed by atoms with E-state index in [0.29, 0.717) is 52.8 Å². The molecular formula is C54H82BN9O12S. The van der Waals surface area contributed by atoms with Crippen molar-refractivity contribution in [2.24, 2.45) is 33.7 Å². The topological polar surface area (TPSA) is 304 Å². The number of hydrogen-bond acceptors (Lipinski definition) is 15. The lowest BCUT2D eigenvalue weighted by molar-refractivity contribution is -0.199. The number of rotatable bonds is 20. The molecule has 0 spiro atoms. The Morgan fingerprint density at radius 2 is 1.66 bits per heavy atom. The lowest BCUT2D eigenvalue weighted by Gasteiger charge is -2.64. The van der Waals surface area contributed by atoms with Gasteiger partial charge >= 0.3 is 13.1 Å². The number of amides is 4. The van der Waals surface area contributed by atoms with Crippen LogP contribution in [0.25, 0.3) is 0 Å². The van der Waals surface area contributed by atoms with Crippen molar-refractivity contribution in [3.63, 3.8) is 0 Å². The molecular weight excluding hydrogens is 1010 g/mol. The first-order valence-corrected chi connectivity index (χ1v) is 28.4. The second kappa shape index (κ2) is 22.8. The van der Waals surface area contributed by atoms with Gasteiger partial charge in [-0.25, -0.2) is 13.1 Å². The van der Waals surface area contributed by atoms with Crippen molar-refractivity contribution in [3.8, 4) is 5.75 Å². The van der Waals surface area contributed by atoms with Gasteiger partial charge in [0.1, 0.15) is 29.2 Å². The number of likely N-dealkylation sites (tertiary alicyclic amines) is 1. The zero-order chi connectivity index (χ0) is 56.7. The van der Waals surface area contributed by atoms with E-state index in [4.69, 9.17) is 30.2 Å². The van der Waals surface area contributed by atoms with Gasteiger partial charge in [-0.05, 0) is 159 Å². The summed E-state index contributed by atoms with van der Waals surface area (Å²) in [5.74, 6) is -2.02. The Morgan fingerprint density at radius 1 is 0.974 bits per heavy atom. The molecule has 21 nitrogen and oxygen atoms in total. The van der Waals surface area contributed by atoms with Crippen molar-refractivity contribution >= 4 is 52.7 Å². The molecule has 3 heterocycles. The number of esters is 1. The van der Waals surface area contributed by atoms with E-state index in [1.54, 1.807) is 65.8 Å². The molecule has 9 atom stereocenters. The average molecular weight is 1090 g/mol. The molecule has 23 heteroatoms. The Kier molecular flexibility index (Phi) is 17.6. The molecule has 2 saturated heterocycles. The summed E-state index contributed by atoms with van der Waals surface area (Å²) in [5, 5.41) is 22.2. The van der Waals surface area contributed by atoms with E-state index in [-0.39, 0.29) is 59.8 Å². The van der Waals surface area contributed by atoms with Crippen molar-refractivity contribution < 1.29 is 56.3 Å². The van der Waals surface area contributed by atoms with Crippen molar-refractivity contribution in [1.82, 2.24) is 30.9 Å². The lowest BCUT2D eigenvalue weighted by atomic mass is 9.43. The van der Waals surface area contributed by atoms with Crippen LogP contribution in [0.5, 0.6) is 5.75 Å². The fraction of sp³-hybridized carbons (Fsp3) is 0.667. The molecule has 2 bridgehead atoms. The highest BCUT2D eigenvalue weighted by molar-refractivity contribution is 7.90.